The summed E-state index contributed by atoms with van der Waals surface area (Å²) >= 11 is 0. The van der Waals surface area contributed by atoms with Gasteiger partial charge in [-0.2, -0.15) is 13.2 Å². The number of anilines is 1. The molecule has 0 aliphatic heterocycles. The number of carbonyl (C=O) groups is 2. The van der Waals surface area contributed by atoms with Crippen molar-refractivity contribution < 1.29 is 27.2 Å². The molecule has 2 aromatic heterocycles. The monoisotopic (exact) mass is 408 g/mol. The van der Waals surface area contributed by atoms with Gasteiger partial charge in [-0.3, -0.25) is 14.6 Å². The van der Waals surface area contributed by atoms with Crippen LogP contribution in [0.15, 0.2) is 48.8 Å². The number of nitrogens with one attached hydrogen (secondary N) is 2. The van der Waals surface area contributed by atoms with Gasteiger partial charge in [-0.05, 0) is 36.4 Å². The molecule has 0 saturated heterocycles. The van der Waals surface area contributed by atoms with Crippen molar-refractivity contribution in [3.8, 4) is 5.69 Å². The minimum absolute atomic E-state index is 0.139. The van der Waals surface area contributed by atoms with Crippen LogP contribution in [0.5, 0.6) is 0 Å². The fourth-order valence-electron chi connectivity index (χ4n) is 2.34. The molecule has 0 atom stereocenters. The number of hydrogen-bond acceptors (Lipinski definition) is 5. The van der Waals surface area contributed by atoms with Crippen LogP contribution in [0.1, 0.15) is 16.2 Å². The number of halogens is 4. The van der Waals surface area contributed by atoms with Gasteiger partial charge in [0.1, 0.15) is 5.82 Å². The molecule has 0 saturated carbocycles. The second kappa shape index (κ2) is 8.04. The summed E-state index contributed by atoms with van der Waals surface area (Å²) in [6.45, 7) is -0.603. The molecular weight excluding hydrogens is 396 g/mol. The molecule has 0 unspecified atom stereocenters. The summed E-state index contributed by atoms with van der Waals surface area (Å²) < 4.78 is 53.9. The number of carbonyl (C=O) groups excluding carboxylic acids is 2. The molecule has 2 amide bonds. The molecule has 29 heavy (non-hydrogen) atoms. The van der Waals surface area contributed by atoms with Gasteiger partial charge in [-0.25, -0.2) is 9.07 Å². The van der Waals surface area contributed by atoms with E-state index in [0.29, 0.717) is 10.4 Å². The third kappa shape index (κ3) is 4.72. The van der Waals surface area contributed by atoms with E-state index in [-0.39, 0.29) is 5.69 Å². The van der Waals surface area contributed by atoms with E-state index < -0.39 is 41.7 Å². The SMILES string of the molecule is O=C(CNC(=O)c1nnn(-c2ccc(F)cc2)c1C(F)(F)F)Nc1cccnc1. The molecule has 0 spiro atoms. The van der Waals surface area contributed by atoms with E-state index in [1.165, 1.54) is 12.4 Å². The zero-order valence-corrected chi connectivity index (χ0v) is 14.4. The van der Waals surface area contributed by atoms with Gasteiger partial charge in [-0.15, -0.1) is 5.10 Å². The average Bonchev–Trinajstić information content (AvgIpc) is 3.13. The van der Waals surface area contributed by atoms with E-state index in [0.717, 1.165) is 24.3 Å². The third-order valence-corrected chi connectivity index (χ3v) is 3.58. The fraction of sp³-hybridized carbons (Fsp3) is 0.118. The van der Waals surface area contributed by atoms with E-state index in [2.05, 4.69) is 25.9 Å². The number of nitrogens with zero attached hydrogens (tertiary/aromatic N) is 4. The van der Waals surface area contributed by atoms with Crippen LogP contribution in [-0.2, 0) is 11.0 Å². The van der Waals surface area contributed by atoms with Crippen LogP contribution in [0, 0.1) is 5.82 Å². The van der Waals surface area contributed by atoms with Crippen molar-refractivity contribution in [2.24, 2.45) is 0 Å². The van der Waals surface area contributed by atoms with E-state index in [4.69, 9.17) is 0 Å². The molecule has 3 aromatic rings. The highest BCUT2D eigenvalue weighted by atomic mass is 19.4. The van der Waals surface area contributed by atoms with E-state index >= 15 is 0 Å². The Morgan fingerprint density at radius 3 is 2.45 bits per heavy atom. The molecule has 8 nitrogen and oxygen atoms in total. The number of rotatable bonds is 5. The molecule has 0 radical (unpaired) electrons. The van der Waals surface area contributed by atoms with Crippen molar-refractivity contribution in [2.45, 2.75) is 6.18 Å². The molecule has 2 N–H and O–H groups in total. The van der Waals surface area contributed by atoms with Gasteiger partial charge in [-0.1, -0.05) is 5.21 Å². The van der Waals surface area contributed by atoms with E-state index in [1.54, 1.807) is 12.1 Å². The highest BCUT2D eigenvalue weighted by Crippen LogP contribution is 2.32. The number of aromatic nitrogens is 4. The van der Waals surface area contributed by atoms with Gasteiger partial charge in [0.15, 0.2) is 11.4 Å². The quantitative estimate of drug-likeness (QED) is 0.631. The largest absolute Gasteiger partial charge is 0.435 e. The smallest absolute Gasteiger partial charge is 0.341 e. The summed E-state index contributed by atoms with van der Waals surface area (Å²) in [6, 6.07) is 7.12. The Hall–Kier alpha value is -3.83. The van der Waals surface area contributed by atoms with Crippen LogP contribution < -0.4 is 10.6 Å². The second-order valence-corrected chi connectivity index (χ2v) is 5.65. The van der Waals surface area contributed by atoms with Gasteiger partial charge in [0.25, 0.3) is 5.91 Å². The zero-order chi connectivity index (χ0) is 21.0. The maximum Gasteiger partial charge on any atom is 0.435 e. The summed E-state index contributed by atoms with van der Waals surface area (Å²) in [6.07, 6.45) is -2.14. The average molecular weight is 408 g/mol. The Labute approximate surface area is 160 Å². The van der Waals surface area contributed by atoms with Crippen LogP contribution in [0.25, 0.3) is 5.69 Å². The first-order chi connectivity index (χ1) is 13.8. The Kier molecular flexibility index (Phi) is 5.52. The van der Waals surface area contributed by atoms with Crippen molar-refractivity contribution in [2.75, 3.05) is 11.9 Å². The maximum absolute atomic E-state index is 13.5. The molecule has 0 bridgehead atoms. The molecule has 0 aliphatic rings. The molecule has 2 heterocycles. The Morgan fingerprint density at radius 1 is 1.10 bits per heavy atom. The lowest BCUT2D eigenvalue weighted by Crippen LogP contribution is -2.34. The Balaban J connectivity index is 1.78. The molecule has 1 aromatic carbocycles. The number of benzene rings is 1. The predicted molar refractivity (Wildman–Crippen MR) is 91.5 cm³/mol. The van der Waals surface area contributed by atoms with E-state index in [9.17, 15) is 27.2 Å². The Morgan fingerprint density at radius 2 is 1.83 bits per heavy atom. The van der Waals surface area contributed by atoms with E-state index in [1.807, 2.05) is 0 Å². The number of pyridine rings is 1. The molecule has 0 fully saturated rings. The van der Waals surface area contributed by atoms with Crippen LogP contribution in [0.3, 0.4) is 0 Å². The first kappa shape index (κ1) is 19.9. The lowest BCUT2D eigenvalue weighted by Gasteiger charge is -2.11. The summed E-state index contributed by atoms with van der Waals surface area (Å²) in [5, 5.41) is 11.1. The lowest BCUT2D eigenvalue weighted by atomic mass is 10.2. The fourth-order valence-corrected chi connectivity index (χ4v) is 2.34. The van der Waals surface area contributed by atoms with Crippen LogP contribution >= 0.6 is 0 Å². The van der Waals surface area contributed by atoms with Crippen molar-refractivity contribution >= 4 is 17.5 Å². The van der Waals surface area contributed by atoms with Gasteiger partial charge < -0.3 is 10.6 Å². The summed E-state index contributed by atoms with van der Waals surface area (Å²) in [4.78, 5) is 27.8. The zero-order valence-electron chi connectivity index (χ0n) is 14.4. The predicted octanol–water partition coefficient (Wildman–Crippen LogP) is 2.19. The Bertz CT molecular complexity index is 1020. The number of amides is 2. The molecule has 150 valence electrons. The standard InChI is InChI=1S/C17H12F4N6O2/c18-10-3-5-12(6-4-10)27-15(17(19,20)21)14(25-26-27)16(29)23-9-13(28)24-11-2-1-7-22-8-11/h1-8H,9H2,(H,23,29)(H,24,28). The first-order valence-corrected chi connectivity index (χ1v) is 8.02. The molecular formula is C17H12F4N6O2. The van der Waals surface area contributed by atoms with Crippen molar-refractivity contribution in [1.29, 1.82) is 0 Å². The van der Waals surface area contributed by atoms with Crippen molar-refractivity contribution in [3.63, 3.8) is 0 Å². The molecule has 0 aliphatic carbocycles. The summed E-state index contributed by atoms with van der Waals surface area (Å²) in [5.74, 6) is -2.57. The van der Waals surface area contributed by atoms with Gasteiger partial charge >= 0.3 is 6.18 Å². The highest BCUT2D eigenvalue weighted by Gasteiger charge is 2.42. The minimum atomic E-state index is -4.98. The van der Waals surface area contributed by atoms with Crippen molar-refractivity contribution in [1.82, 2.24) is 25.3 Å². The molecule has 12 heteroatoms. The van der Waals surface area contributed by atoms with Gasteiger partial charge in [0.2, 0.25) is 5.91 Å². The number of alkyl halides is 3. The third-order valence-electron chi connectivity index (χ3n) is 3.58. The minimum Gasteiger partial charge on any atom is -0.341 e. The topological polar surface area (TPSA) is 102 Å². The first-order valence-electron chi connectivity index (χ1n) is 8.02. The van der Waals surface area contributed by atoms with Crippen molar-refractivity contribution in [3.05, 3.63) is 66.0 Å². The second-order valence-electron chi connectivity index (χ2n) is 5.65. The van der Waals surface area contributed by atoms with Crippen LogP contribution in [0.2, 0.25) is 0 Å². The van der Waals surface area contributed by atoms with Crippen LogP contribution in [0.4, 0.5) is 23.2 Å². The van der Waals surface area contributed by atoms with Gasteiger partial charge in [0, 0.05) is 6.20 Å². The highest BCUT2D eigenvalue weighted by molar-refractivity contribution is 5.98. The maximum atomic E-state index is 13.5. The van der Waals surface area contributed by atoms with Crippen LogP contribution in [-0.4, -0.2) is 38.3 Å². The lowest BCUT2D eigenvalue weighted by molar-refractivity contribution is -0.143. The number of hydrogen-bond donors (Lipinski definition) is 2. The summed E-state index contributed by atoms with van der Waals surface area (Å²) in [5.41, 5.74) is -2.25. The van der Waals surface area contributed by atoms with Gasteiger partial charge in [0.05, 0.1) is 24.1 Å². The summed E-state index contributed by atoms with van der Waals surface area (Å²) in [7, 11) is 0. The normalized spacial score (nSPS) is 11.2. The molecule has 3 rings (SSSR count).